The molecule has 0 spiro atoms. The Bertz CT molecular complexity index is 435. The molecule has 0 aliphatic carbocycles. The Morgan fingerprint density at radius 3 is 3.00 bits per heavy atom. The van der Waals surface area contributed by atoms with Crippen molar-refractivity contribution in [2.24, 2.45) is 0 Å². The second-order valence-electron chi connectivity index (χ2n) is 4.81. The van der Waals surface area contributed by atoms with E-state index in [1.807, 2.05) is 32.0 Å². The van der Waals surface area contributed by atoms with Gasteiger partial charge in [0.05, 0.1) is 6.10 Å². The fourth-order valence-electron chi connectivity index (χ4n) is 1.99. The molecule has 106 valence electrons. The molecule has 1 aromatic rings. The molecular formula is C14H21ClN2O2. The Morgan fingerprint density at radius 1 is 1.47 bits per heavy atom. The Kier molecular flexibility index (Phi) is 6.12. The molecule has 0 atom stereocenters. The van der Waals surface area contributed by atoms with Gasteiger partial charge in [0.1, 0.15) is 6.61 Å². The number of benzene rings is 1. The molecule has 0 saturated carbocycles. The molecule has 2 N–H and O–H groups in total. The summed E-state index contributed by atoms with van der Waals surface area (Å²) in [5.41, 5.74) is 3.29. The van der Waals surface area contributed by atoms with Crippen molar-refractivity contribution in [3.8, 4) is 0 Å². The average molecular weight is 285 g/mol. The number of nitrogens with one attached hydrogen (secondary N) is 2. The first-order valence-corrected chi connectivity index (χ1v) is 6.43. The maximum atomic E-state index is 11.6. The first-order valence-electron chi connectivity index (χ1n) is 6.43. The van der Waals surface area contributed by atoms with Crippen LogP contribution in [0.5, 0.6) is 0 Å². The minimum Gasteiger partial charge on any atom is -0.385 e. The van der Waals surface area contributed by atoms with E-state index in [0.717, 1.165) is 25.1 Å². The van der Waals surface area contributed by atoms with Crippen LogP contribution in [0.15, 0.2) is 18.2 Å². The number of ether oxygens (including phenoxy) is 1. The zero-order valence-corrected chi connectivity index (χ0v) is 12.2. The van der Waals surface area contributed by atoms with E-state index in [1.165, 1.54) is 11.3 Å². The second kappa shape index (κ2) is 7.36. The van der Waals surface area contributed by atoms with E-state index in [-0.39, 0.29) is 31.0 Å². The summed E-state index contributed by atoms with van der Waals surface area (Å²) in [6, 6.07) is 5.98. The van der Waals surface area contributed by atoms with Crippen molar-refractivity contribution in [2.45, 2.75) is 32.8 Å². The molecule has 1 aromatic carbocycles. The number of rotatable bonds is 4. The Labute approximate surface area is 120 Å². The van der Waals surface area contributed by atoms with Gasteiger partial charge in [0.25, 0.3) is 0 Å². The lowest BCUT2D eigenvalue weighted by Crippen LogP contribution is -2.21. The summed E-state index contributed by atoms with van der Waals surface area (Å²) >= 11 is 0. The van der Waals surface area contributed by atoms with Crippen molar-refractivity contribution in [2.75, 3.05) is 23.8 Å². The minimum absolute atomic E-state index is 0. The molecule has 1 aliphatic heterocycles. The van der Waals surface area contributed by atoms with Crippen LogP contribution in [0.3, 0.4) is 0 Å². The van der Waals surface area contributed by atoms with Crippen LogP contribution in [0.4, 0.5) is 11.4 Å². The SMILES string of the molecule is CC(C)OCC(=O)Nc1ccc2c(c1)CCCN2.Cl. The molecule has 1 aliphatic rings. The predicted octanol–water partition coefficient (Wildman–Crippen LogP) is 2.83. The number of hydrogen-bond acceptors (Lipinski definition) is 3. The molecule has 1 heterocycles. The van der Waals surface area contributed by atoms with E-state index >= 15 is 0 Å². The number of hydrogen-bond donors (Lipinski definition) is 2. The highest BCUT2D eigenvalue weighted by Gasteiger charge is 2.10. The fourth-order valence-corrected chi connectivity index (χ4v) is 1.99. The van der Waals surface area contributed by atoms with E-state index in [1.54, 1.807) is 0 Å². The highest BCUT2D eigenvalue weighted by atomic mass is 35.5. The molecule has 0 bridgehead atoms. The van der Waals surface area contributed by atoms with E-state index in [4.69, 9.17) is 4.74 Å². The van der Waals surface area contributed by atoms with Gasteiger partial charge in [-0.05, 0) is 50.5 Å². The molecule has 0 aromatic heterocycles. The summed E-state index contributed by atoms with van der Waals surface area (Å²) in [4.78, 5) is 11.6. The summed E-state index contributed by atoms with van der Waals surface area (Å²) < 4.78 is 5.26. The Morgan fingerprint density at radius 2 is 2.26 bits per heavy atom. The summed E-state index contributed by atoms with van der Waals surface area (Å²) in [6.07, 6.45) is 2.28. The standard InChI is InChI=1S/C14H20N2O2.ClH/c1-10(2)18-9-14(17)16-12-5-6-13-11(8-12)4-3-7-15-13;/h5-6,8,10,15H,3-4,7,9H2,1-2H3,(H,16,17);1H. The van der Waals surface area contributed by atoms with Crippen molar-refractivity contribution in [3.63, 3.8) is 0 Å². The number of halogens is 1. The van der Waals surface area contributed by atoms with Gasteiger partial charge in [-0.2, -0.15) is 0 Å². The van der Waals surface area contributed by atoms with Crippen LogP contribution < -0.4 is 10.6 Å². The number of aryl methyl sites for hydroxylation is 1. The normalized spacial score (nSPS) is 13.2. The lowest BCUT2D eigenvalue weighted by atomic mass is 10.0. The molecular weight excluding hydrogens is 264 g/mol. The van der Waals surface area contributed by atoms with E-state index in [9.17, 15) is 4.79 Å². The van der Waals surface area contributed by atoms with Crippen LogP contribution in [0.2, 0.25) is 0 Å². The van der Waals surface area contributed by atoms with E-state index in [2.05, 4.69) is 10.6 Å². The highest BCUT2D eigenvalue weighted by Crippen LogP contribution is 2.24. The van der Waals surface area contributed by atoms with Gasteiger partial charge >= 0.3 is 0 Å². The maximum Gasteiger partial charge on any atom is 0.250 e. The van der Waals surface area contributed by atoms with Crippen molar-refractivity contribution in [1.29, 1.82) is 0 Å². The van der Waals surface area contributed by atoms with E-state index < -0.39 is 0 Å². The number of fused-ring (bicyclic) bond motifs is 1. The van der Waals surface area contributed by atoms with Gasteiger partial charge in [-0.1, -0.05) is 0 Å². The van der Waals surface area contributed by atoms with Crippen LogP contribution in [-0.2, 0) is 16.0 Å². The maximum absolute atomic E-state index is 11.6. The van der Waals surface area contributed by atoms with Crippen molar-refractivity contribution >= 4 is 29.7 Å². The first-order chi connectivity index (χ1) is 8.65. The molecule has 0 saturated heterocycles. The Hall–Kier alpha value is -1.26. The van der Waals surface area contributed by atoms with Crippen LogP contribution in [-0.4, -0.2) is 25.2 Å². The Balaban J connectivity index is 0.00000180. The zero-order valence-electron chi connectivity index (χ0n) is 11.4. The van der Waals surface area contributed by atoms with Gasteiger partial charge in [0.15, 0.2) is 0 Å². The van der Waals surface area contributed by atoms with Crippen LogP contribution in [0.25, 0.3) is 0 Å². The molecule has 0 radical (unpaired) electrons. The number of amides is 1. The van der Waals surface area contributed by atoms with Gasteiger partial charge in [-0.15, -0.1) is 12.4 Å². The lowest BCUT2D eigenvalue weighted by Gasteiger charge is -2.18. The summed E-state index contributed by atoms with van der Waals surface area (Å²) in [5, 5.41) is 6.20. The van der Waals surface area contributed by atoms with Crippen molar-refractivity contribution in [3.05, 3.63) is 23.8 Å². The second-order valence-corrected chi connectivity index (χ2v) is 4.81. The predicted molar refractivity (Wildman–Crippen MR) is 80.2 cm³/mol. The third-order valence-corrected chi connectivity index (χ3v) is 2.88. The molecule has 1 amide bonds. The molecule has 5 heteroatoms. The van der Waals surface area contributed by atoms with Gasteiger partial charge in [-0.25, -0.2) is 0 Å². The van der Waals surface area contributed by atoms with Gasteiger partial charge in [-0.3, -0.25) is 4.79 Å². The molecule has 0 unspecified atom stereocenters. The summed E-state index contributed by atoms with van der Waals surface area (Å²) in [6.45, 7) is 4.96. The number of carbonyl (C=O) groups excluding carboxylic acids is 1. The fraction of sp³-hybridized carbons (Fsp3) is 0.500. The molecule has 2 rings (SSSR count). The van der Waals surface area contributed by atoms with Gasteiger partial charge in [0.2, 0.25) is 5.91 Å². The largest absolute Gasteiger partial charge is 0.385 e. The quantitative estimate of drug-likeness (QED) is 0.894. The lowest BCUT2D eigenvalue weighted by molar-refractivity contribution is -0.121. The average Bonchev–Trinajstić information content (AvgIpc) is 2.36. The first kappa shape index (κ1) is 15.8. The smallest absolute Gasteiger partial charge is 0.250 e. The minimum atomic E-state index is -0.104. The van der Waals surface area contributed by atoms with Gasteiger partial charge in [0, 0.05) is 17.9 Å². The zero-order chi connectivity index (χ0) is 13.0. The topological polar surface area (TPSA) is 50.4 Å². The van der Waals surface area contributed by atoms with E-state index in [0.29, 0.717) is 0 Å². The number of anilines is 2. The highest BCUT2D eigenvalue weighted by molar-refractivity contribution is 5.92. The third-order valence-electron chi connectivity index (χ3n) is 2.88. The number of carbonyl (C=O) groups is 1. The van der Waals surface area contributed by atoms with Crippen LogP contribution in [0.1, 0.15) is 25.8 Å². The summed E-state index contributed by atoms with van der Waals surface area (Å²) in [7, 11) is 0. The molecule has 19 heavy (non-hydrogen) atoms. The summed E-state index contributed by atoms with van der Waals surface area (Å²) in [5.74, 6) is -0.104. The molecule has 0 fully saturated rings. The third kappa shape index (κ3) is 4.73. The van der Waals surface area contributed by atoms with Crippen molar-refractivity contribution in [1.82, 2.24) is 0 Å². The monoisotopic (exact) mass is 284 g/mol. The van der Waals surface area contributed by atoms with Gasteiger partial charge < -0.3 is 15.4 Å². The van der Waals surface area contributed by atoms with Crippen LogP contribution >= 0.6 is 12.4 Å². The molecule has 4 nitrogen and oxygen atoms in total. The van der Waals surface area contributed by atoms with Crippen LogP contribution in [0, 0.1) is 0 Å². The van der Waals surface area contributed by atoms with Crippen molar-refractivity contribution < 1.29 is 9.53 Å².